The van der Waals surface area contributed by atoms with Gasteiger partial charge in [0.1, 0.15) is 30.3 Å². The number of nitriles is 1. The number of anilines is 2. The molecule has 4 N–H and O–H groups in total. The van der Waals surface area contributed by atoms with Gasteiger partial charge in [0.05, 0.1) is 23.0 Å². The van der Waals surface area contributed by atoms with Gasteiger partial charge in [-0.3, -0.25) is 4.79 Å². The van der Waals surface area contributed by atoms with E-state index >= 15 is 0 Å². The summed E-state index contributed by atoms with van der Waals surface area (Å²) >= 11 is 0. The summed E-state index contributed by atoms with van der Waals surface area (Å²) in [6.07, 6.45) is 0. The molecule has 0 heterocycles. The molecule has 0 unspecified atom stereocenters. The fourth-order valence-corrected chi connectivity index (χ4v) is 2.44. The van der Waals surface area contributed by atoms with E-state index in [-0.39, 0.29) is 34.9 Å². The third-order valence-electron chi connectivity index (χ3n) is 3.88. The predicted octanol–water partition coefficient (Wildman–Crippen LogP) is 2.87. The van der Waals surface area contributed by atoms with Gasteiger partial charge in [0, 0.05) is 5.56 Å². The first-order valence-electron chi connectivity index (χ1n) is 9.71. The van der Waals surface area contributed by atoms with Crippen molar-refractivity contribution < 1.29 is 27.9 Å². The fourth-order valence-electron chi connectivity index (χ4n) is 2.44. The van der Waals surface area contributed by atoms with Gasteiger partial charge in [0.25, 0.3) is 0 Å². The van der Waals surface area contributed by atoms with E-state index in [0.29, 0.717) is 0 Å². The van der Waals surface area contributed by atoms with E-state index in [9.17, 15) is 18.4 Å². The Bertz CT molecular complexity index is 1110. The molecule has 0 amide bonds. The largest absolute Gasteiger partial charge is 0.459 e. The number of halogens is 2. The van der Waals surface area contributed by atoms with Crippen LogP contribution in [0.15, 0.2) is 41.6 Å². The number of hydrogen-bond acceptors (Lipinski definition) is 8. The van der Waals surface area contributed by atoms with Crippen LogP contribution < -0.4 is 16.4 Å². The van der Waals surface area contributed by atoms with Crippen molar-refractivity contribution >= 4 is 29.1 Å². The molecule has 0 saturated heterocycles. The van der Waals surface area contributed by atoms with Crippen LogP contribution in [0.2, 0.25) is 0 Å². The second kappa shape index (κ2) is 10.9. The Morgan fingerprint density at radius 2 is 1.61 bits per heavy atom. The zero-order valence-corrected chi connectivity index (χ0v) is 18.2. The normalized spacial score (nSPS) is 11.3. The first-order chi connectivity index (χ1) is 15.5. The lowest BCUT2D eigenvalue weighted by Gasteiger charge is -2.19. The number of nitrogens with two attached hydrogens (primary N) is 1. The molecule has 0 radical (unpaired) electrons. The van der Waals surface area contributed by atoms with Crippen LogP contribution in [0.5, 0.6) is 0 Å². The number of esters is 1. The van der Waals surface area contributed by atoms with Crippen LogP contribution in [0.3, 0.4) is 0 Å². The predicted molar refractivity (Wildman–Crippen MR) is 117 cm³/mol. The molecule has 9 nitrogen and oxygen atoms in total. The first kappa shape index (κ1) is 25.1. The van der Waals surface area contributed by atoms with Gasteiger partial charge in [-0.05, 0) is 57.2 Å². The van der Waals surface area contributed by atoms with Crippen molar-refractivity contribution in [3.63, 3.8) is 0 Å². The summed E-state index contributed by atoms with van der Waals surface area (Å²) in [6, 6.07) is 9.31. The third kappa shape index (κ3) is 8.10. The highest BCUT2D eigenvalue weighted by molar-refractivity contribution is 5.97. The molecule has 2 aromatic carbocycles. The summed E-state index contributed by atoms with van der Waals surface area (Å²) in [5, 5.41) is 17.3. The SMILES string of the molecule is CC(C)(C)OC(=O)CNc1ccc(C(N)=NOC(=O)CNc2ccc(C#N)cc2F)cc1F. The van der Waals surface area contributed by atoms with E-state index in [1.165, 1.54) is 24.3 Å². The molecule has 11 heteroatoms. The zero-order valence-electron chi connectivity index (χ0n) is 18.2. The molecule has 174 valence electrons. The summed E-state index contributed by atoms with van der Waals surface area (Å²) in [4.78, 5) is 28.2. The Labute approximate surface area is 189 Å². The number of amidine groups is 1. The Balaban J connectivity index is 1.90. The lowest BCUT2D eigenvalue weighted by molar-refractivity contribution is -0.152. The van der Waals surface area contributed by atoms with Crippen molar-refractivity contribution in [2.75, 3.05) is 23.7 Å². The Hall–Kier alpha value is -4.20. The average molecular weight is 459 g/mol. The molecule has 0 bridgehead atoms. The highest BCUT2D eigenvalue weighted by Gasteiger charge is 2.16. The van der Waals surface area contributed by atoms with E-state index in [0.717, 1.165) is 12.1 Å². The van der Waals surface area contributed by atoms with Gasteiger partial charge in [-0.25, -0.2) is 13.6 Å². The Kier molecular flexibility index (Phi) is 8.28. The highest BCUT2D eigenvalue weighted by Crippen LogP contribution is 2.17. The molecule has 2 aromatic rings. The van der Waals surface area contributed by atoms with E-state index in [4.69, 9.17) is 15.7 Å². The van der Waals surface area contributed by atoms with Crippen LogP contribution in [-0.2, 0) is 19.2 Å². The molecule has 0 atom stereocenters. The standard InChI is InChI=1S/C22H23F2N5O4/c1-22(2,3)32-19(30)11-27-18-7-5-14(9-16(18)24)21(26)29-33-20(31)12-28-17-6-4-13(10-25)8-15(17)23/h4-9,27-28H,11-12H2,1-3H3,(H2,26,29). The van der Waals surface area contributed by atoms with E-state index < -0.39 is 35.7 Å². The molecule has 0 saturated carbocycles. The maximum atomic E-state index is 14.3. The first-order valence-corrected chi connectivity index (χ1v) is 9.71. The van der Waals surface area contributed by atoms with Gasteiger partial charge >= 0.3 is 11.9 Å². The average Bonchev–Trinajstić information content (AvgIpc) is 2.74. The number of carbonyl (C=O) groups excluding carboxylic acids is 2. The lowest BCUT2D eigenvalue weighted by atomic mass is 10.2. The number of carbonyl (C=O) groups is 2. The fraction of sp³-hybridized carbons (Fsp3) is 0.273. The quantitative estimate of drug-likeness (QED) is 0.180. The van der Waals surface area contributed by atoms with Gasteiger partial charge < -0.3 is 25.9 Å². The number of benzene rings is 2. The van der Waals surface area contributed by atoms with Crippen LogP contribution in [0.4, 0.5) is 20.2 Å². The van der Waals surface area contributed by atoms with Crippen molar-refractivity contribution in [3.8, 4) is 6.07 Å². The molecule has 0 aliphatic rings. The number of ether oxygens (including phenoxy) is 1. The Morgan fingerprint density at radius 1 is 1.03 bits per heavy atom. The molecular formula is C22H23F2N5O4. The highest BCUT2D eigenvalue weighted by atomic mass is 19.1. The number of oxime groups is 1. The number of nitrogens with zero attached hydrogens (tertiary/aromatic N) is 2. The van der Waals surface area contributed by atoms with Crippen molar-refractivity contribution in [1.82, 2.24) is 0 Å². The van der Waals surface area contributed by atoms with Crippen LogP contribution in [0.25, 0.3) is 0 Å². The third-order valence-corrected chi connectivity index (χ3v) is 3.88. The minimum absolute atomic E-state index is 0.000516. The molecule has 33 heavy (non-hydrogen) atoms. The summed E-state index contributed by atoms with van der Waals surface area (Å²) in [6.45, 7) is 4.49. The molecular weight excluding hydrogens is 436 g/mol. The second-order valence-electron chi connectivity index (χ2n) is 7.73. The minimum atomic E-state index is -0.877. The molecule has 0 aliphatic heterocycles. The molecule has 0 spiro atoms. The lowest BCUT2D eigenvalue weighted by Crippen LogP contribution is -2.28. The smallest absolute Gasteiger partial charge is 0.353 e. The summed E-state index contributed by atoms with van der Waals surface area (Å²) in [7, 11) is 0. The van der Waals surface area contributed by atoms with Gasteiger partial charge in [0.2, 0.25) is 0 Å². The van der Waals surface area contributed by atoms with Gasteiger partial charge in [-0.2, -0.15) is 5.26 Å². The van der Waals surface area contributed by atoms with Gasteiger partial charge in [-0.15, -0.1) is 0 Å². The summed E-state index contributed by atoms with van der Waals surface area (Å²) in [5.41, 5.74) is 5.37. The molecule has 0 aliphatic carbocycles. The van der Waals surface area contributed by atoms with E-state index in [1.54, 1.807) is 26.8 Å². The van der Waals surface area contributed by atoms with Crippen LogP contribution in [0.1, 0.15) is 31.9 Å². The molecule has 0 aromatic heterocycles. The summed E-state index contributed by atoms with van der Waals surface area (Å²) in [5.74, 6) is -3.11. The van der Waals surface area contributed by atoms with Crippen LogP contribution >= 0.6 is 0 Å². The number of nitrogens with one attached hydrogen (secondary N) is 2. The van der Waals surface area contributed by atoms with Gasteiger partial charge in [0.15, 0.2) is 5.84 Å². The van der Waals surface area contributed by atoms with E-state index in [1.807, 2.05) is 0 Å². The maximum Gasteiger partial charge on any atom is 0.353 e. The van der Waals surface area contributed by atoms with Crippen LogP contribution in [0, 0.1) is 23.0 Å². The number of rotatable bonds is 8. The minimum Gasteiger partial charge on any atom is -0.459 e. The summed E-state index contributed by atoms with van der Waals surface area (Å²) < 4.78 is 33.2. The van der Waals surface area contributed by atoms with Crippen molar-refractivity contribution in [1.29, 1.82) is 5.26 Å². The topological polar surface area (TPSA) is 139 Å². The van der Waals surface area contributed by atoms with Crippen molar-refractivity contribution in [2.24, 2.45) is 10.9 Å². The van der Waals surface area contributed by atoms with Crippen LogP contribution in [-0.4, -0.2) is 36.5 Å². The van der Waals surface area contributed by atoms with Crippen molar-refractivity contribution in [3.05, 3.63) is 59.2 Å². The Morgan fingerprint density at radius 3 is 2.15 bits per heavy atom. The number of hydrogen-bond donors (Lipinski definition) is 3. The van der Waals surface area contributed by atoms with Gasteiger partial charge in [-0.1, -0.05) is 5.16 Å². The molecule has 2 rings (SSSR count). The second-order valence-corrected chi connectivity index (χ2v) is 7.73. The molecule has 0 fully saturated rings. The van der Waals surface area contributed by atoms with E-state index in [2.05, 4.69) is 20.6 Å². The zero-order chi connectivity index (χ0) is 24.6. The van der Waals surface area contributed by atoms with Crippen molar-refractivity contribution in [2.45, 2.75) is 26.4 Å². The monoisotopic (exact) mass is 459 g/mol. The maximum absolute atomic E-state index is 14.3.